The molecule has 6 nitrogen and oxygen atoms in total. The number of hydrogen-bond donors (Lipinski definition) is 2. The minimum absolute atomic E-state index is 0.213. The van der Waals surface area contributed by atoms with Gasteiger partial charge in [0.2, 0.25) is 0 Å². The standard InChI is InChI=1S/C16H21ClN2O4/c1-2-3-11-23-16(22)12-7-4-5-8-13(12)19-15(21)14(20)18-10-6-9-17/h4-5,7-8H,2-3,6,9-11H2,1H3,(H,18,20)(H,19,21). The van der Waals surface area contributed by atoms with Crippen molar-refractivity contribution in [3.05, 3.63) is 29.8 Å². The van der Waals surface area contributed by atoms with E-state index in [0.29, 0.717) is 25.5 Å². The molecule has 0 aromatic heterocycles. The summed E-state index contributed by atoms with van der Waals surface area (Å²) in [5, 5.41) is 4.87. The van der Waals surface area contributed by atoms with Crippen LogP contribution in [0.2, 0.25) is 0 Å². The summed E-state index contributed by atoms with van der Waals surface area (Å²) in [7, 11) is 0. The van der Waals surface area contributed by atoms with Crippen molar-refractivity contribution in [3.63, 3.8) is 0 Å². The number of benzene rings is 1. The molecule has 0 saturated heterocycles. The number of anilines is 1. The Bertz CT molecular complexity index is 549. The van der Waals surface area contributed by atoms with E-state index in [1.807, 2.05) is 6.92 Å². The number of amides is 2. The van der Waals surface area contributed by atoms with Crippen LogP contribution >= 0.6 is 11.6 Å². The summed E-state index contributed by atoms with van der Waals surface area (Å²) in [6.45, 7) is 2.62. The molecule has 126 valence electrons. The van der Waals surface area contributed by atoms with Crippen LogP contribution in [-0.4, -0.2) is 36.8 Å². The highest BCUT2D eigenvalue weighted by atomic mass is 35.5. The Labute approximate surface area is 140 Å². The van der Waals surface area contributed by atoms with Crippen LogP contribution in [0.5, 0.6) is 0 Å². The van der Waals surface area contributed by atoms with Gasteiger partial charge in [-0.1, -0.05) is 25.5 Å². The molecule has 1 aromatic carbocycles. The smallest absolute Gasteiger partial charge is 0.340 e. The van der Waals surface area contributed by atoms with Gasteiger partial charge in [0.15, 0.2) is 0 Å². The average Bonchev–Trinajstić information content (AvgIpc) is 2.55. The van der Waals surface area contributed by atoms with E-state index in [2.05, 4.69) is 10.6 Å². The lowest BCUT2D eigenvalue weighted by molar-refractivity contribution is -0.136. The number of hydrogen-bond acceptors (Lipinski definition) is 4. The minimum atomic E-state index is -0.839. The molecule has 0 atom stereocenters. The first-order chi connectivity index (χ1) is 11.1. The van der Waals surface area contributed by atoms with Crippen LogP contribution < -0.4 is 10.6 Å². The van der Waals surface area contributed by atoms with Crippen molar-refractivity contribution < 1.29 is 19.1 Å². The Balaban J connectivity index is 2.67. The van der Waals surface area contributed by atoms with Gasteiger partial charge < -0.3 is 15.4 Å². The Morgan fingerprint density at radius 2 is 1.87 bits per heavy atom. The van der Waals surface area contributed by atoms with Crippen molar-refractivity contribution in [2.75, 3.05) is 24.3 Å². The van der Waals surface area contributed by atoms with E-state index < -0.39 is 17.8 Å². The summed E-state index contributed by atoms with van der Waals surface area (Å²) >= 11 is 5.50. The van der Waals surface area contributed by atoms with Crippen LogP contribution in [0.3, 0.4) is 0 Å². The SMILES string of the molecule is CCCCOC(=O)c1ccccc1NC(=O)C(=O)NCCCCl. The number of nitrogens with one attached hydrogen (secondary N) is 2. The largest absolute Gasteiger partial charge is 0.462 e. The van der Waals surface area contributed by atoms with E-state index >= 15 is 0 Å². The zero-order chi connectivity index (χ0) is 17.1. The van der Waals surface area contributed by atoms with Gasteiger partial charge in [-0.15, -0.1) is 11.6 Å². The highest BCUT2D eigenvalue weighted by molar-refractivity contribution is 6.40. The molecule has 0 aliphatic rings. The molecular formula is C16H21ClN2O4. The third kappa shape index (κ3) is 6.69. The predicted molar refractivity (Wildman–Crippen MR) is 88.6 cm³/mol. The van der Waals surface area contributed by atoms with E-state index in [9.17, 15) is 14.4 Å². The summed E-state index contributed by atoms with van der Waals surface area (Å²) < 4.78 is 5.13. The van der Waals surface area contributed by atoms with Crippen LogP contribution in [0, 0.1) is 0 Å². The third-order valence-electron chi connectivity index (χ3n) is 2.93. The van der Waals surface area contributed by atoms with Crippen LogP contribution in [-0.2, 0) is 14.3 Å². The molecule has 0 unspecified atom stereocenters. The Morgan fingerprint density at radius 3 is 2.57 bits per heavy atom. The lowest BCUT2D eigenvalue weighted by Crippen LogP contribution is -2.36. The highest BCUT2D eigenvalue weighted by Crippen LogP contribution is 2.16. The fourth-order valence-electron chi connectivity index (χ4n) is 1.69. The number of ether oxygens (including phenoxy) is 1. The number of carbonyl (C=O) groups is 3. The van der Waals surface area contributed by atoms with Gasteiger partial charge in [0, 0.05) is 12.4 Å². The van der Waals surface area contributed by atoms with Gasteiger partial charge in [-0.25, -0.2) is 4.79 Å². The first kappa shape index (κ1) is 19.0. The van der Waals surface area contributed by atoms with Gasteiger partial charge >= 0.3 is 17.8 Å². The molecule has 0 aliphatic heterocycles. The molecule has 0 aliphatic carbocycles. The van der Waals surface area contributed by atoms with Crippen molar-refractivity contribution >= 4 is 35.1 Å². The number of carbonyl (C=O) groups excluding carboxylic acids is 3. The van der Waals surface area contributed by atoms with Crippen molar-refractivity contribution in [1.82, 2.24) is 5.32 Å². The minimum Gasteiger partial charge on any atom is -0.462 e. The summed E-state index contributed by atoms with van der Waals surface area (Å²) in [6, 6.07) is 6.39. The van der Waals surface area contributed by atoms with Crippen molar-refractivity contribution in [1.29, 1.82) is 0 Å². The topological polar surface area (TPSA) is 84.5 Å². The van der Waals surface area contributed by atoms with E-state index in [0.717, 1.165) is 12.8 Å². The molecule has 0 bridgehead atoms. The third-order valence-corrected chi connectivity index (χ3v) is 3.20. The van der Waals surface area contributed by atoms with Crippen LogP contribution in [0.4, 0.5) is 5.69 Å². The van der Waals surface area contributed by atoms with E-state index in [1.165, 1.54) is 6.07 Å². The molecule has 0 spiro atoms. The molecule has 2 N–H and O–H groups in total. The monoisotopic (exact) mass is 340 g/mol. The second kappa shape index (κ2) is 10.6. The van der Waals surface area contributed by atoms with Crippen LogP contribution in [0.25, 0.3) is 0 Å². The van der Waals surface area contributed by atoms with Crippen LogP contribution in [0.15, 0.2) is 24.3 Å². The molecular weight excluding hydrogens is 320 g/mol. The zero-order valence-corrected chi connectivity index (χ0v) is 13.8. The van der Waals surface area contributed by atoms with Gasteiger partial charge in [0.1, 0.15) is 0 Å². The van der Waals surface area contributed by atoms with E-state index in [-0.39, 0.29) is 11.3 Å². The van der Waals surface area contributed by atoms with Gasteiger partial charge in [-0.3, -0.25) is 9.59 Å². The molecule has 0 saturated carbocycles. The van der Waals surface area contributed by atoms with Gasteiger partial charge in [0.25, 0.3) is 0 Å². The lowest BCUT2D eigenvalue weighted by Gasteiger charge is -2.10. The highest BCUT2D eigenvalue weighted by Gasteiger charge is 2.18. The maximum absolute atomic E-state index is 12.0. The number of halogens is 1. The Kier molecular flexibility index (Phi) is 8.75. The summed E-state index contributed by atoms with van der Waals surface area (Å²) in [5.41, 5.74) is 0.456. The first-order valence-electron chi connectivity index (χ1n) is 7.51. The molecule has 7 heteroatoms. The molecule has 0 fully saturated rings. The number of alkyl halides is 1. The average molecular weight is 341 g/mol. The molecule has 1 rings (SSSR count). The second-order valence-corrected chi connectivity index (χ2v) is 5.17. The maximum atomic E-state index is 12.0. The van der Waals surface area contributed by atoms with E-state index in [4.69, 9.17) is 16.3 Å². The number of para-hydroxylation sites is 1. The first-order valence-corrected chi connectivity index (χ1v) is 8.04. The van der Waals surface area contributed by atoms with E-state index in [1.54, 1.807) is 18.2 Å². The number of unbranched alkanes of at least 4 members (excludes halogenated alkanes) is 1. The summed E-state index contributed by atoms with van der Waals surface area (Å²) in [5.74, 6) is -1.75. The Morgan fingerprint density at radius 1 is 1.13 bits per heavy atom. The molecule has 23 heavy (non-hydrogen) atoms. The van der Waals surface area contributed by atoms with Crippen molar-refractivity contribution in [3.8, 4) is 0 Å². The molecule has 0 heterocycles. The lowest BCUT2D eigenvalue weighted by atomic mass is 10.1. The second-order valence-electron chi connectivity index (χ2n) is 4.79. The zero-order valence-electron chi connectivity index (χ0n) is 13.1. The predicted octanol–water partition coefficient (Wildman–Crippen LogP) is 2.33. The Hall–Kier alpha value is -2.08. The number of esters is 1. The summed E-state index contributed by atoms with van der Waals surface area (Å²) in [4.78, 5) is 35.5. The normalized spacial score (nSPS) is 10.0. The summed E-state index contributed by atoms with van der Waals surface area (Å²) in [6.07, 6.45) is 2.25. The van der Waals surface area contributed by atoms with Crippen molar-refractivity contribution in [2.24, 2.45) is 0 Å². The molecule has 2 amide bonds. The molecule has 1 aromatic rings. The number of rotatable bonds is 8. The quantitative estimate of drug-likeness (QED) is 0.329. The van der Waals surface area contributed by atoms with Crippen LogP contribution in [0.1, 0.15) is 36.5 Å². The van der Waals surface area contributed by atoms with Crippen molar-refractivity contribution in [2.45, 2.75) is 26.2 Å². The van der Waals surface area contributed by atoms with Gasteiger partial charge in [0.05, 0.1) is 17.9 Å². The maximum Gasteiger partial charge on any atom is 0.340 e. The molecule has 0 radical (unpaired) electrons. The van der Waals surface area contributed by atoms with Gasteiger partial charge in [-0.05, 0) is 25.0 Å². The fourth-order valence-corrected chi connectivity index (χ4v) is 1.82. The van der Waals surface area contributed by atoms with Gasteiger partial charge in [-0.2, -0.15) is 0 Å². The fraction of sp³-hybridized carbons (Fsp3) is 0.438.